The Bertz CT molecular complexity index is 785. The van der Waals surface area contributed by atoms with Crippen LogP contribution in [0, 0.1) is 0 Å². The average Bonchev–Trinajstić information content (AvgIpc) is 2.56. The Morgan fingerprint density at radius 1 is 1.12 bits per heavy atom. The smallest absolute Gasteiger partial charge is 0.269 e. The Hall–Kier alpha value is -1.66. The highest BCUT2D eigenvalue weighted by Crippen LogP contribution is 2.23. The minimum Gasteiger partial charge on any atom is -0.370 e. The van der Waals surface area contributed by atoms with Gasteiger partial charge in [0.05, 0.1) is 17.9 Å². The van der Waals surface area contributed by atoms with Crippen molar-refractivity contribution in [3.63, 3.8) is 0 Å². The molecule has 0 radical (unpaired) electrons. The van der Waals surface area contributed by atoms with Gasteiger partial charge in [-0.05, 0) is 43.5 Å². The summed E-state index contributed by atoms with van der Waals surface area (Å²) >= 11 is 3.48. The highest BCUT2D eigenvalue weighted by Gasteiger charge is 2.24. The van der Waals surface area contributed by atoms with Crippen LogP contribution in [0.25, 0.3) is 0 Å². The van der Waals surface area contributed by atoms with E-state index >= 15 is 0 Å². The normalized spacial score (nSPS) is 21.2. The SMILES string of the molecule is O=c1cc(N2CCC2)cnn1[C@@H]1CCCN(Cc2ccc(Br)cc2)C1. The highest BCUT2D eigenvalue weighted by atomic mass is 79.9. The first-order chi connectivity index (χ1) is 12.2. The van der Waals surface area contributed by atoms with Gasteiger partial charge in [0.15, 0.2) is 0 Å². The van der Waals surface area contributed by atoms with Gasteiger partial charge < -0.3 is 4.90 Å². The van der Waals surface area contributed by atoms with Crippen LogP contribution in [0.2, 0.25) is 0 Å². The third kappa shape index (κ3) is 3.80. The molecular weight excluding hydrogens is 380 g/mol. The Morgan fingerprint density at radius 2 is 1.92 bits per heavy atom. The summed E-state index contributed by atoms with van der Waals surface area (Å²) in [4.78, 5) is 17.2. The van der Waals surface area contributed by atoms with Gasteiger partial charge in [-0.25, -0.2) is 4.68 Å². The maximum absolute atomic E-state index is 12.5. The lowest BCUT2D eigenvalue weighted by molar-refractivity contribution is 0.160. The Morgan fingerprint density at radius 3 is 2.60 bits per heavy atom. The topological polar surface area (TPSA) is 41.4 Å². The summed E-state index contributed by atoms with van der Waals surface area (Å²) < 4.78 is 2.79. The first-order valence-corrected chi connectivity index (χ1v) is 9.79. The van der Waals surface area contributed by atoms with Gasteiger partial charge in [-0.1, -0.05) is 28.1 Å². The number of hydrogen-bond acceptors (Lipinski definition) is 4. The van der Waals surface area contributed by atoms with Gasteiger partial charge in [0.2, 0.25) is 0 Å². The molecule has 0 spiro atoms. The molecule has 0 bridgehead atoms. The zero-order valence-corrected chi connectivity index (χ0v) is 15.9. The number of aromatic nitrogens is 2. The molecule has 1 aromatic carbocycles. The Labute approximate surface area is 156 Å². The molecule has 1 atom stereocenters. The predicted octanol–water partition coefficient (Wildman–Crippen LogP) is 3.05. The number of hydrogen-bond donors (Lipinski definition) is 0. The molecule has 5 nitrogen and oxygen atoms in total. The van der Waals surface area contributed by atoms with Gasteiger partial charge in [0.25, 0.3) is 5.56 Å². The molecular formula is C19H23BrN4O. The monoisotopic (exact) mass is 402 g/mol. The molecule has 0 saturated carbocycles. The number of nitrogens with zero attached hydrogens (tertiary/aromatic N) is 4. The molecule has 2 saturated heterocycles. The van der Waals surface area contributed by atoms with E-state index in [0.717, 1.165) is 55.7 Å². The second-order valence-electron chi connectivity index (χ2n) is 6.99. The molecule has 2 aromatic rings. The molecule has 1 aromatic heterocycles. The first-order valence-electron chi connectivity index (χ1n) is 9.00. The number of likely N-dealkylation sites (tertiary alicyclic amines) is 1. The zero-order valence-electron chi connectivity index (χ0n) is 14.3. The summed E-state index contributed by atoms with van der Waals surface area (Å²) in [6.07, 6.45) is 5.18. The van der Waals surface area contributed by atoms with Crippen LogP contribution in [0.5, 0.6) is 0 Å². The Balaban J connectivity index is 1.45. The van der Waals surface area contributed by atoms with Crippen molar-refractivity contribution in [2.45, 2.75) is 31.8 Å². The molecule has 3 heterocycles. The van der Waals surface area contributed by atoms with Crippen molar-refractivity contribution in [2.24, 2.45) is 0 Å². The molecule has 132 valence electrons. The minimum absolute atomic E-state index is 0.0277. The van der Waals surface area contributed by atoms with Gasteiger partial charge in [-0.15, -0.1) is 0 Å². The Kier molecular flexibility index (Phi) is 4.90. The van der Waals surface area contributed by atoms with E-state index in [2.05, 4.69) is 55.1 Å². The van der Waals surface area contributed by atoms with Gasteiger partial charge in [0.1, 0.15) is 0 Å². The molecule has 25 heavy (non-hydrogen) atoms. The maximum Gasteiger partial charge on any atom is 0.269 e. The highest BCUT2D eigenvalue weighted by molar-refractivity contribution is 9.10. The van der Waals surface area contributed by atoms with Crippen LogP contribution >= 0.6 is 15.9 Å². The molecule has 0 N–H and O–H groups in total. The van der Waals surface area contributed by atoms with E-state index in [-0.39, 0.29) is 11.6 Å². The quantitative estimate of drug-likeness (QED) is 0.787. The van der Waals surface area contributed by atoms with Crippen molar-refractivity contribution in [3.8, 4) is 0 Å². The zero-order chi connectivity index (χ0) is 17.2. The maximum atomic E-state index is 12.5. The fourth-order valence-corrected chi connectivity index (χ4v) is 3.92. The fourth-order valence-electron chi connectivity index (χ4n) is 3.65. The van der Waals surface area contributed by atoms with Crippen molar-refractivity contribution in [1.82, 2.24) is 14.7 Å². The van der Waals surface area contributed by atoms with Crippen LogP contribution < -0.4 is 10.5 Å². The molecule has 2 aliphatic heterocycles. The molecule has 4 rings (SSSR count). The fraction of sp³-hybridized carbons (Fsp3) is 0.474. The number of anilines is 1. The van der Waals surface area contributed by atoms with Crippen molar-refractivity contribution < 1.29 is 0 Å². The van der Waals surface area contributed by atoms with E-state index in [0.29, 0.717) is 0 Å². The van der Waals surface area contributed by atoms with E-state index in [1.165, 1.54) is 12.0 Å². The first kappa shape index (κ1) is 16.8. The van der Waals surface area contributed by atoms with Crippen LogP contribution in [-0.4, -0.2) is 40.9 Å². The molecule has 0 amide bonds. The summed E-state index contributed by atoms with van der Waals surface area (Å²) in [5.74, 6) is 0. The van der Waals surface area contributed by atoms with Gasteiger partial charge in [0, 0.05) is 36.7 Å². The molecule has 0 aliphatic carbocycles. The van der Waals surface area contributed by atoms with E-state index in [1.807, 2.05) is 6.20 Å². The summed E-state index contributed by atoms with van der Waals surface area (Å²) in [7, 11) is 0. The third-order valence-corrected chi connectivity index (χ3v) is 5.71. The summed E-state index contributed by atoms with van der Waals surface area (Å²) in [6, 6.07) is 10.4. The number of halogens is 1. The van der Waals surface area contributed by atoms with Crippen molar-refractivity contribution in [1.29, 1.82) is 0 Å². The minimum atomic E-state index is 0.0277. The van der Waals surface area contributed by atoms with Crippen LogP contribution in [-0.2, 0) is 6.54 Å². The van der Waals surface area contributed by atoms with Crippen LogP contribution in [0.4, 0.5) is 5.69 Å². The predicted molar refractivity (Wildman–Crippen MR) is 103 cm³/mol. The molecule has 0 unspecified atom stereocenters. The number of benzene rings is 1. The lowest BCUT2D eigenvalue weighted by Crippen LogP contribution is -2.41. The van der Waals surface area contributed by atoms with Crippen LogP contribution in [0.3, 0.4) is 0 Å². The third-order valence-electron chi connectivity index (χ3n) is 5.18. The van der Waals surface area contributed by atoms with E-state index in [1.54, 1.807) is 10.7 Å². The van der Waals surface area contributed by atoms with E-state index < -0.39 is 0 Å². The lowest BCUT2D eigenvalue weighted by atomic mass is 10.0. The second-order valence-corrected chi connectivity index (χ2v) is 7.91. The van der Waals surface area contributed by atoms with Crippen molar-refractivity contribution in [3.05, 3.63) is 56.9 Å². The summed E-state index contributed by atoms with van der Waals surface area (Å²) in [5.41, 5.74) is 2.30. The lowest BCUT2D eigenvalue weighted by Gasteiger charge is -2.34. The van der Waals surface area contributed by atoms with Gasteiger partial charge in [-0.2, -0.15) is 5.10 Å². The largest absolute Gasteiger partial charge is 0.370 e. The van der Waals surface area contributed by atoms with Crippen molar-refractivity contribution in [2.75, 3.05) is 31.1 Å². The average molecular weight is 403 g/mol. The van der Waals surface area contributed by atoms with Crippen molar-refractivity contribution >= 4 is 21.6 Å². The van der Waals surface area contributed by atoms with Gasteiger partial charge >= 0.3 is 0 Å². The standard InChI is InChI=1S/C19H23BrN4O/c20-16-6-4-15(5-7-16)13-22-8-1-3-17(14-22)24-19(25)11-18(12-21-24)23-9-2-10-23/h4-7,11-12,17H,1-3,8-10,13-14H2/t17-/m1/s1. The molecule has 2 fully saturated rings. The summed E-state index contributed by atoms with van der Waals surface area (Å²) in [5, 5.41) is 4.49. The number of rotatable bonds is 4. The van der Waals surface area contributed by atoms with E-state index in [9.17, 15) is 4.79 Å². The molecule has 2 aliphatic rings. The number of piperidine rings is 1. The van der Waals surface area contributed by atoms with E-state index in [4.69, 9.17) is 0 Å². The van der Waals surface area contributed by atoms with Crippen LogP contribution in [0.1, 0.15) is 30.9 Å². The second kappa shape index (κ2) is 7.30. The van der Waals surface area contributed by atoms with Gasteiger partial charge in [-0.3, -0.25) is 9.69 Å². The van der Waals surface area contributed by atoms with Crippen LogP contribution in [0.15, 0.2) is 45.8 Å². The summed E-state index contributed by atoms with van der Waals surface area (Å²) in [6.45, 7) is 4.95. The molecule has 6 heteroatoms.